The quantitative estimate of drug-likeness (QED) is 0.407. The van der Waals surface area contributed by atoms with Crippen molar-refractivity contribution in [2.45, 2.75) is 87.9 Å². The van der Waals surface area contributed by atoms with E-state index in [1.807, 2.05) is 12.1 Å². The van der Waals surface area contributed by atoms with Gasteiger partial charge in [0.2, 0.25) is 5.91 Å². The Morgan fingerprint density at radius 3 is 2.14 bits per heavy atom. The zero-order valence-electron chi connectivity index (χ0n) is 21.1. The Labute approximate surface area is 222 Å². The highest BCUT2D eigenvalue weighted by molar-refractivity contribution is 6.30. The van der Waals surface area contributed by atoms with Crippen molar-refractivity contribution in [3.63, 3.8) is 0 Å². The lowest BCUT2D eigenvalue weighted by Gasteiger charge is -2.41. The number of amides is 1. The van der Waals surface area contributed by atoms with Crippen molar-refractivity contribution in [2.75, 3.05) is 6.61 Å². The number of nitrogens with zero attached hydrogens (tertiary/aromatic N) is 1. The summed E-state index contributed by atoms with van der Waals surface area (Å²) in [6, 6.07) is 11.3. The molecule has 2 aromatic rings. The highest BCUT2D eigenvalue weighted by Gasteiger charge is 2.52. The zero-order chi connectivity index (χ0) is 26.0. The molecule has 2 aromatic carbocycles. The molecular formula is C29H36ClF2N3O2. The maximum Gasteiger partial charge on any atom is 0.299 e. The number of carbonyl (C=O) groups is 1. The predicted molar refractivity (Wildman–Crippen MR) is 141 cm³/mol. The molecule has 0 radical (unpaired) electrons. The second-order valence-electron chi connectivity index (χ2n) is 10.9. The van der Waals surface area contributed by atoms with Gasteiger partial charge in [-0.3, -0.25) is 4.79 Å². The molecule has 1 aliphatic carbocycles. The van der Waals surface area contributed by atoms with Gasteiger partial charge in [0.25, 0.3) is 5.92 Å². The van der Waals surface area contributed by atoms with Crippen LogP contribution < -0.4 is 11.2 Å². The fourth-order valence-corrected chi connectivity index (χ4v) is 6.43. The Bertz CT molecular complexity index is 1050. The minimum absolute atomic E-state index is 0.0106. The van der Waals surface area contributed by atoms with E-state index in [0.29, 0.717) is 30.4 Å². The Morgan fingerprint density at radius 1 is 0.973 bits per heavy atom. The van der Waals surface area contributed by atoms with E-state index >= 15 is 8.78 Å². The minimum atomic E-state index is -3.47. The zero-order valence-corrected chi connectivity index (χ0v) is 21.8. The number of carbonyl (C=O) groups excluding carboxylic acids is 1. The normalized spacial score (nSPS) is 25.3. The molecule has 3 unspecified atom stereocenters. The topological polar surface area (TPSA) is 67.6 Å². The van der Waals surface area contributed by atoms with Gasteiger partial charge in [-0.15, -0.1) is 0 Å². The molecule has 1 amide bonds. The van der Waals surface area contributed by atoms with E-state index in [1.54, 1.807) is 29.2 Å². The summed E-state index contributed by atoms with van der Waals surface area (Å²) in [6.07, 6.45) is 8.43. The van der Waals surface area contributed by atoms with Crippen LogP contribution in [0.3, 0.4) is 0 Å². The Kier molecular flexibility index (Phi) is 8.15. The largest absolute Gasteiger partial charge is 0.335 e. The number of benzene rings is 2. The Morgan fingerprint density at radius 2 is 1.54 bits per heavy atom. The van der Waals surface area contributed by atoms with Gasteiger partial charge in [-0.25, -0.2) is 0 Å². The molecule has 2 heterocycles. The number of nitrogens with one attached hydrogen (secondary N) is 1. The lowest BCUT2D eigenvalue weighted by molar-refractivity contribution is -0.164. The number of alkyl halides is 2. The van der Waals surface area contributed by atoms with E-state index in [9.17, 15) is 4.79 Å². The number of nitrogens with two attached hydrogens (primary N) is 1. The number of hydrogen-bond donors (Lipinski definition) is 2. The second kappa shape index (κ2) is 11.4. The van der Waals surface area contributed by atoms with Crippen molar-refractivity contribution in [3.8, 4) is 11.1 Å². The third-order valence-corrected chi connectivity index (χ3v) is 8.58. The van der Waals surface area contributed by atoms with Crippen LogP contribution in [0.5, 0.6) is 0 Å². The molecule has 37 heavy (non-hydrogen) atoms. The summed E-state index contributed by atoms with van der Waals surface area (Å²) < 4.78 is 32.2. The fraction of sp³-hybridized carbons (Fsp3) is 0.552. The lowest BCUT2D eigenvalue weighted by Crippen LogP contribution is -2.60. The van der Waals surface area contributed by atoms with Crippen LogP contribution >= 0.6 is 11.6 Å². The Balaban J connectivity index is 1.36. The summed E-state index contributed by atoms with van der Waals surface area (Å²) in [4.78, 5) is 21.1. The molecule has 1 saturated carbocycles. The first-order valence-corrected chi connectivity index (χ1v) is 13.9. The van der Waals surface area contributed by atoms with Gasteiger partial charge in [-0.2, -0.15) is 14.3 Å². The molecular weight excluding hydrogens is 496 g/mol. The maximum absolute atomic E-state index is 16.1. The summed E-state index contributed by atoms with van der Waals surface area (Å²) in [5, 5.41) is 0.611. The molecule has 200 valence electrons. The maximum atomic E-state index is 16.1. The monoisotopic (exact) mass is 531 g/mol. The van der Waals surface area contributed by atoms with Gasteiger partial charge in [-0.05, 0) is 67.7 Å². The van der Waals surface area contributed by atoms with Crippen molar-refractivity contribution < 1.29 is 18.4 Å². The van der Waals surface area contributed by atoms with E-state index in [2.05, 4.69) is 5.48 Å². The first-order valence-electron chi connectivity index (χ1n) is 13.5. The van der Waals surface area contributed by atoms with Gasteiger partial charge < -0.3 is 15.5 Å². The fourth-order valence-electron chi connectivity index (χ4n) is 6.30. The molecule has 2 saturated heterocycles. The molecule has 5 nitrogen and oxygen atoms in total. The molecule has 8 heteroatoms. The SMILES string of the molecule is NC1CC2CCC(C1)N2C(=O)C(NOCC1CCCCC1)C(F)(F)c1ccc(-c2ccc(Cl)cc2)cc1. The molecule has 2 bridgehead atoms. The van der Waals surface area contributed by atoms with E-state index in [4.69, 9.17) is 22.2 Å². The minimum Gasteiger partial charge on any atom is -0.335 e. The molecule has 3 fully saturated rings. The van der Waals surface area contributed by atoms with Crippen LogP contribution in [0.4, 0.5) is 8.78 Å². The molecule has 0 spiro atoms. The highest BCUT2D eigenvalue weighted by atomic mass is 35.5. The smallest absolute Gasteiger partial charge is 0.299 e. The molecule has 5 rings (SSSR count). The number of hydrogen-bond acceptors (Lipinski definition) is 4. The van der Waals surface area contributed by atoms with Crippen LogP contribution in [0.2, 0.25) is 5.02 Å². The van der Waals surface area contributed by atoms with Crippen molar-refractivity contribution in [1.29, 1.82) is 0 Å². The van der Waals surface area contributed by atoms with Gasteiger partial charge in [0.1, 0.15) is 0 Å². The van der Waals surface area contributed by atoms with Gasteiger partial charge >= 0.3 is 0 Å². The number of rotatable bonds is 8. The first-order chi connectivity index (χ1) is 17.8. The van der Waals surface area contributed by atoms with Crippen LogP contribution in [-0.4, -0.2) is 41.6 Å². The Hall–Kier alpha value is -2.06. The summed E-state index contributed by atoms with van der Waals surface area (Å²) in [7, 11) is 0. The number of hydroxylamine groups is 1. The third-order valence-electron chi connectivity index (χ3n) is 8.33. The molecule has 3 atom stereocenters. The predicted octanol–water partition coefficient (Wildman–Crippen LogP) is 6.05. The number of fused-ring (bicyclic) bond motifs is 2. The van der Waals surface area contributed by atoms with Crippen molar-refractivity contribution >= 4 is 17.5 Å². The van der Waals surface area contributed by atoms with Crippen LogP contribution in [0.25, 0.3) is 11.1 Å². The molecule has 3 aliphatic rings. The average molecular weight is 532 g/mol. The van der Waals surface area contributed by atoms with E-state index in [-0.39, 0.29) is 23.7 Å². The van der Waals surface area contributed by atoms with Gasteiger partial charge in [0.15, 0.2) is 6.04 Å². The standard InChI is InChI=1S/C29H36ClF2N3O2/c30-23-12-8-21(9-13-23)20-6-10-22(11-7-20)29(31,32)27(34-37-18-19-4-2-1-3-5-19)28(36)35-25-14-15-26(35)17-24(33)16-25/h6-13,19,24-27,34H,1-5,14-18,33H2. The van der Waals surface area contributed by atoms with Gasteiger partial charge in [0.05, 0.1) is 6.61 Å². The van der Waals surface area contributed by atoms with Crippen molar-refractivity contribution in [1.82, 2.24) is 10.4 Å². The highest BCUT2D eigenvalue weighted by Crippen LogP contribution is 2.40. The third kappa shape index (κ3) is 5.85. The van der Waals surface area contributed by atoms with Crippen LogP contribution in [-0.2, 0) is 15.6 Å². The van der Waals surface area contributed by atoms with Crippen LogP contribution in [0.15, 0.2) is 48.5 Å². The molecule has 3 N–H and O–H groups in total. The van der Waals surface area contributed by atoms with Crippen molar-refractivity contribution in [2.24, 2.45) is 11.7 Å². The molecule has 0 aromatic heterocycles. The van der Waals surface area contributed by atoms with Gasteiger partial charge in [-0.1, -0.05) is 67.3 Å². The van der Waals surface area contributed by atoms with Crippen molar-refractivity contribution in [3.05, 3.63) is 59.1 Å². The van der Waals surface area contributed by atoms with Gasteiger partial charge in [0, 0.05) is 28.7 Å². The summed E-state index contributed by atoms with van der Waals surface area (Å²) in [6.45, 7) is 0.326. The molecule has 2 aliphatic heterocycles. The van der Waals surface area contributed by atoms with Crippen LogP contribution in [0.1, 0.15) is 63.4 Å². The summed E-state index contributed by atoms with van der Waals surface area (Å²) in [5.41, 5.74) is 10.2. The van der Waals surface area contributed by atoms with Crippen LogP contribution in [0, 0.1) is 5.92 Å². The summed E-state index contributed by atoms with van der Waals surface area (Å²) in [5.74, 6) is -3.75. The lowest BCUT2D eigenvalue weighted by atomic mass is 9.90. The average Bonchev–Trinajstić information content (AvgIpc) is 3.18. The second-order valence-corrected chi connectivity index (χ2v) is 11.4. The number of piperidine rings is 1. The van der Waals surface area contributed by atoms with E-state index in [1.165, 1.54) is 18.6 Å². The van der Waals surface area contributed by atoms with E-state index in [0.717, 1.165) is 49.7 Å². The first kappa shape index (κ1) is 26.5. The summed E-state index contributed by atoms with van der Waals surface area (Å²) >= 11 is 5.98. The number of halogens is 3. The van der Waals surface area contributed by atoms with E-state index < -0.39 is 17.9 Å².